The Bertz CT molecular complexity index is 560. The van der Waals surface area contributed by atoms with Crippen molar-refractivity contribution in [2.75, 3.05) is 17.3 Å². The predicted octanol–water partition coefficient (Wildman–Crippen LogP) is 1.61. The number of anilines is 2. The van der Waals surface area contributed by atoms with E-state index >= 15 is 0 Å². The van der Waals surface area contributed by atoms with Crippen molar-refractivity contribution in [3.8, 4) is 0 Å². The molecule has 1 aromatic carbocycles. The van der Waals surface area contributed by atoms with Crippen molar-refractivity contribution in [2.45, 2.75) is 35.4 Å². The van der Waals surface area contributed by atoms with Gasteiger partial charge in [0.2, 0.25) is 10.0 Å². The minimum atomic E-state index is -3.72. The van der Waals surface area contributed by atoms with E-state index < -0.39 is 10.0 Å². The van der Waals surface area contributed by atoms with Crippen molar-refractivity contribution in [3.05, 3.63) is 18.2 Å². The molecule has 0 saturated heterocycles. The Morgan fingerprint density at radius 3 is 2.63 bits per heavy atom. The number of rotatable bonds is 4. The van der Waals surface area contributed by atoms with Crippen LogP contribution in [0.15, 0.2) is 23.1 Å². The maximum absolute atomic E-state index is 11.4. The molecule has 5 nitrogen and oxygen atoms in total. The summed E-state index contributed by atoms with van der Waals surface area (Å²) in [7, 11) is -3.72. The molecule has 2 atom stereocenters. The molecule has 1 aliphatic carbocycles. The van der Waals surface area contributed by atoms with Gasteiger partial charge in [-0.2, -0.15) is 11.8 Å². The zero-order valence-corrected chi connectivity index (χ0v) is 12.4. The minimum Gasteiger partial charge on any atom is -0.399 e. The molecular formula is C12H19N3O2S2. The van der Waals surface area contributed by atoms with E-state index in [4.69, 9.17) is 10.9 Å². The van der Waals surface area contributed by atoms with Crippen molar-refractivity contribution in [1.29, 1.82) is 0 Å². The molecular weight excluding hydrogens is 282 g/mol. The molecule has 0 aromatic heterocycles. The third kappa shape index (κ3) is 3.77. The molecule has 2 rings (SSSR count). The number of sulfonamides is 1. The van der Waals surface area contributed by atoms with Gasteiger partial charge in [-0.25, -0.2) is 13.6 Å². The van der Waals surface area contributed by atoms with E-state index in [2.05, 4.69) is 11.6 Å². The molecule has 2 unspecified atom stereocenters. The zero-order chi connectivity index (χ0) is 14.0. The van der Waals surface area contributed by atoms with Gasteiger partial charge in [-0.1, -0.05) is 0 Å². The monoisotopic (exact) mass is 301 g/mol. The molecule has 1 aliphatic rings. The van der Waals surface area contributed by atoms with E-state index in [-0.39, 0.29) is 4.90 Å². The summed E-state index contributed by atoms with van der Waals surface area (Å²) in [6.07, 6.45) is 5.47. The highest BCUT2D eigenvalue weighted by molar-refractivity contribution is 7.99. The Labute approximate surface area is 118 Å². The Kier molecular flexibility index (Phi) is 4.27. The molecule has 0 heterocycles. The number of hydrogen-bond acceptors (Lipinski definition) is 5. The van der Waals surface area contributed by atoms with Crippen molar-refractivity contribution in [3.63, 3.8) is 0 Å². The normalized spacial score (nSPS) is 23.5. The van der Waals surface area contributed by atoms with Gasteiger partial charge in [0, 0.05) is 22.7 Å². The number of nitrogen functional groups attached to an aromatic ring is 1. The maximum atomic E-state index is 11.4. The smallest absolute Gasteiger partial charge is 0.238 e. The van der Waals surface area contributed by atoms with E-state index in [1.165, 1.54) is 18.6 Å². The van der Waals surface area contributed by atoms with Gasteiger partial charge in [-0.15, -0.1) is 0 Å². The molecule has 0 radical (unpaired) electrons. The molecule has 1 aromatic rings. The fourth-order valence-electron chi connectivity index (χ4n) is 2.39. The van der Waals surface area contributed by atoms with Crippen LogP contribution in [-0.2, 0) is 10.0 Å². The summed E-state index contributed by atoms with van der Waals surface area (Å²) in [4.78, 5) is 0.0504. The summed E-state index contributed by atoms with van der Waals surface area (Å²) in [5, 5.41) is 9.15. The van der Waals surface area contributed by atoms with E-state index in [9.17, 15) is 8.42 Å². The lowest BCUT2D eigenvalue weighted by Gasteiger charge is -2.15. The van der Waals surface area contributed by atoms with Crippen molar-refractivity contribution >= 4 is 33.2 Å². The molecule has 19 heavy (non-hydrogen) atoms. The van der Waals surface area contributed by atoms with Crippen LogP contribution in [0.25, 0.3) is 0 Å². The van der Waals surface area contributed by atoms with Gasteiger partial charge in [0.1, 0.15) is 0 Å². The first-order chi connectivity index (χ1) is 8.88. The number of primary sulfonamides is 1. The first-order valence-electron chi connectivity index (χ1n) is 6.11. The van der Waals surface area contributed by atoms with Crippen LogP contribution < -0.4 is 16.2 Å². The lowest BCUT2D eigenvalue weighted by Crippen LogP contribution is -2.17. The van der Waals surface area contributed by atoms with Crippen molar-refractivity contribution in [1.82, 2.24) is 0 Å². The minimum absolute atomic E-state index is 0.0504. The van der Waals surface area contributed by atoms with Crippen LogP contribution in [-0.4, -0.2) is 26.0 Å². The van der Waals surface area contributed by atoms with E-state index in [0.29, 0.717) is 17.0 Å². The SMILES string of the molecule is CSC1CCC(Nc2cc(N)cc(S(N)(=O)=O)c2)C1. The fourth-order valence-corrected chi connectivity index (χ4v) is 3.78. The second kappa shape index (κ2) is 5.60. The third-order valence-corrected chi connectivity index (χ3v) is 5.33. The fraction of sp³-hybridized carbons (Fsp3) is 0.500. The van der Waals surface area contributed by atoms with Gasteiger partial charge < -0.3 is 11.1 Å². The molecule has 1 fully saturated rings. The highest BCUT2D eigenvalue weighted by Crippen LogP contribution is 2.31. The Morgan fingerprint density at radius 1 is 1.32 bits per heavy atom. The van der Waals surface area contributed by atoms with Crippen LogP contribution >= 0.6 is 11.8 Å². The van der Waals surface area contributed by atoms with Crippen LogP contribution in [0.3, 0.4) is 0 Å². The topological polar surface area (TPSA) is 98.2 Å². The first-order valence-corrected chi connectivity index (χ1v) is 8.94. The number of nitrogens with two attached hydrogens (primary N) is 2. The Morgan fingerprint density at radius 2 is 2.05 bits per heavy atom. The van der Waals surface area contributed by atoms with Crippen LogP contribution in [0, 0.1) is 0 Å². The van der Waals surface area contributed by atoms with Crippen LogP contribution in [0.2, 0.25) is 0 Å². The van der Waals surface area contributed by atoms with E-state index in [0.717, 1.165) is 18.5 Å². The van der Waals surface area contributed by atoms with Crippen LogP contribution in [0.5, 0.6) is 0 Å². The average molecular weight is 301 g/mol. The van der Waals surface area contributed by atoms with E-state index in [1.54, 1.807) is 6.07 Å². The lowest BCUT2D eigenvalue weighted by atomic mass is 10.2. The molecule has 106 valence electrons. The van der Waals surface area contributed by atoms with Gasteiger partial charge in [0.25, 0.3) is 0 Å². The van der Waals surface area contributed by atoms with Gasteiger partial charge in [-0.05, 0) is 43.7 Å². The Balaban J connectivity index is 2.15. The number of thioether (sulfide) groups is 1. The Hall–Kier alpha value is -0.920. The summed E-state index contributed by atoms with van der Waals surface area (Å²) in [6, 6.07) is 5.02. The zero-order valence-electron chi connectivity index (χ0n) is 10.8. The second-order valence-corrected chi connectivity index (χ2v) is 7.55. The van der Waals surface area contributed by atoms with Crippen LogP contribution in [0.1, 0.15) is 19.3 Å². The summed E-state index contributed by atoms with van der Waals surface area (Å²) >= 11 is 1.88. The van der Waals surface area contributed by atoms with Gasteiger partial charge in [-0.3, -0.25) is 0 Å². The molecule has 0 spiro atoms. The number of hydrogen-bond donors (Lipinski definition) is 3. The quantitative estimate of drug-likeness (QED) is 0.734. The molecule has 0 amide bonds. The van der Waals surface area contributed by atoms with Crippen LogP contribution in [0.4, 0.5) is 11.4 Å². The largest absolute Gasteiger partial charge is 0.399 e. The molecule has 7 heteroatoms. The summed E-state index contributed by atoms with van der Waals surface area (Å²) in [5.74, 6) is 0. The summed E-state index contributed by atoms with van der Waals surface area (Å²) < 4.78 is 22.7. The molecule has 5 N–H and O–H groups in total. The summed E-state index contributed by atoms with van der Waals surface area (Å²) in [5.41, 5.74) is 6.83. The first kappa shape index (κ1) is 14.5. The molecule has 0 aliphatic heterocycles. The highest BCUT2D eigenvalue weighted by Gasteiger charge is 2.24. The molecule has 0 bridgehead atoms. The third-order valence-electron chi connectivity index (χ3n) is 3.35. The summed E-state index contributed by atoms with van der Waals surface area (Å²) in [6.45, 7) is 0. The molecule has 1 saturated carbocycles. The highest BCUT2D eigenvalue weighted by atomic mass is 32.2. The van der Waals surface area contributed by atoms with Gasteiger partial charge in [0.05, 0.1) is 4.90 Å². The van der Waals surface area contributed by atoms with E-state index in [1.807, 2.05) is 11.8 Å². The standard InChI is InChI=1S/C12H19N3O2S2/c1-18-11-3-2-9(6-11)15-10-4-8(13)5-12(7-10)19(14,16)17/h4-5,7,9,11,15H,2-3,6,13H2,1H3,(H2,14,16,17). The number of benzene rings is 1. The van der Waals surface area contributed by atoms with Gasteiger partial charge >= 0.3 is 0 Å². The lowest BCUT2D eigenvalue weighted by molar-refractivity contribution is 0.598. The second-order valence-electron chi connectivity index (χ2n) is 4.85. The van der Waals surface area contributed by atoms with Crippen molar-refractivity contribution < 1.29 is 8.42 Å². The van der Waals surface area contributed by atoms with Gasteiger partial charge in [0.15, 0.2) is 0 Å². The number of nitrogens with one attached hydrogen (secondary N) is 1. The predicted molar refractivity (Wildman–Crippen MR) is 80.8 cm³/mol. The van der Waals surface area contributed by atoms with Crippen molar-refractivity contribution in [2.24, 2.45) is 5.14 Å². The maximum Gasteiger partial charge on any atom is 0.238 e. The average Bonchev–Trinajstić information content (AvgIpc) is 2.75.